The first-order valence-electron chi connectivity index (χ1n) is 9.37. The van der Waals surface area contributed by atoms with Gasteiger partial charge in [-0.15, -0.1) is 24.0 Å². The van der Waals surface area contributed by atoms with Gasteiger partial charge in [0.1, 0.15) is 6.54 Å². The number of nitrogens with one attached hydrogen (secondary N) is 2. The lowest BCUT2D eigenvalue weighted by Gasteiger charge is -2.31. The minimum absolute atomic E-state index is 0. The smallest absolute Gasteiger partial charge is 0.243 e. The van der Waals surface area contributed by atoms with Gasteiger partial charge in [0.05, 0.1) is 0 Å². The van der Waals surface area contributed by atoms with Gasteiger partial charge in [-0.25, -0.2) is 4.99 Å². The van der Waals surface area contributed by atoms with Gasteiger partial charge in [0.2, 0.25) is 5.91 Å². The van der Waals surface area contributed by atoms with Gasteiger partial charge in [0.25, 0.3) is 0 Å². The normalized spacial score (nSPS) is 20.6. The molecular formula is C18H37IN4O2. The molecule has 1 fully saturated rings. The molecule has 1 amide bonds. The molecule has 1 aliphatic rings. The Bertz CT molecular complexity index is 391. The Kier molecular flexibility index (Phi) is 14.3. The maximum atomic E-state index is 11.8. The molecule has 0 aromatic heterocycles. The van der Waals surface area contributed by atoms with Gasteiger partial charge in [-0.05, 0) is 38.5 Å². The number of unbranched alkanes of at least 4 members (excludes halogenated alkanes) is 1. The summed E-state index contributed by atoms with van der Waals surface area (Å²) in [4.78, 5) is 17.9. The summed E-state index contributed by atoms with van der Waals surface area (Å²) in [7, 11) is 3.52. The highest BCUT2D eigenvalue weighted by atomic mass is 127. The minimum atomic E-state index is 0. The van der Waals surface area contributed by atoms with Crippen LogP contribution in [0.15, 0.2) is 4.99 Å². The second kappa shape index (κ2) is 14.6. The van der Waals surface area contributed by atoms with Gasteiger partial charge in [-0.1, -0.05) is 19.8 Å². The number of aliphatic imine (C=N–C) groups is 1. The Hall–Kier alpha value is -0.570. The average molecular weight is 468 g/mol. The maximum absolute atomic E-state index is 11.8. The SMILES string of the molecule is CCOCCCCNC(=NCC(=O)N(C)C)NC1CCCCC1C.I. The monoisotopic (exact) mass is 468 g/mol. The number of hydrogen-bond donors (Lipinski definition) is 2. The van der Waals surface area contributed by atoms with Crippen molar-refractivity contribution in [3.8, 4) is 0 Å². The number of nitrogens with zero attached hydrogens (tertiary/aromatic N) is 2. The van der Waals surface area contributed by atoms with Gasteiger partial charge in [-0.3, -0.25) is 4.79 Å². The van der Waals surface area contributed by atoms with E-state index in [1.54, 1.807) is 19.0 Å². The molecule has 0 aromatic carbocycles. The number of likely N-dealkylation sites (N-methyl/N-ethyl adjacent to an activating group) is 1. The number of hydrogen-bond acceptors (Lipinski definition) is 3. The van der Waals surface area contributed by atoms with Crippen molar-refractivity contribution >= 4 is 35.8 Å². The second-order valence-electron chi connectivity index (χ2n) is 6.80. The number of ether oxygens (including phenoxy) is 1. The zero-order chi connectivity index (χ0) is 17.8. The molecule has 25 heavy (non-hydrogen) atoms. The van der Waals surface area contributed by atoms with Gasteiger partial charge < -0.3 is 20.3 Å². The first-order chi connectivity index (χ1) is 11.5. The highest BCUT2D eigenvalue weighted by Crippen LogP contribution is 2.23. The lowest BCUT2D eigenvalue weighted by molar-refractivity contribution is -0.127. The largest absolute Gasteiger partial charge is 0.382 e. The van der Waals surface area contributed by atoms with Crippen LogP contribution in [-0.2, 0) is 9.53 Å². The number of guanidine groups is 1. The van der Waals surface area contributed by atoms with Gasteiger partial charge >= 0.3 is 0 Å². The van der Waals surface area contributed by atoms with Crippen LogP contribution in [-0.4, -0.2) is 63.2 Å². The number of rotatable bonds is 9. The molecule has 0 aromatic rings. The van der Waals surface area contributed by atoms with Crippen LogP contribution in [0, 0.1) is 5.92 Å². The van der Waals surface area contributed by atoms with E-state index in [2.05, 4.69) is 22.5 Å². The number of carbonyl (C=O) groups excluding carboxylic acids is 1. The standard InChI is InChI=1S/C18H36N4O2.HI/c1-5-24-13-9-8-12-19-18(20-14-17(23)22(3)4)21-16-11-7-6-10-15(16)2;/h15-16H,5-14H2,1-4H3,(H2,19,20,21);1H. The zero-order valence-electron chi connectivity index (χ0n) is 16.3. The van der Waals surface area contributed by atoms with Crippen molar-refractivity contribution in [1.82, 2.24) is 15.5 Å². The third-order valence-corrected chi connectivity index (χ3v) is 4.52. The molecule has 2 unspecified atom stereocenters. The van der Waals surface area contributed by atoms with Crippen LogP contribution in [0.5, 0.6) is 0 Å². The molecule has 0 heterocycles. The predicted molar refractivity (Wildman–Crippen MR) is 115 cm³/mol. The summed E-state index contributed by atoms with van der Waals surface area (Å²) in [6, 6.07) is 0.447. The van der Waals surface area contributed by atoms with E-state index in [1.807, 2.05) is 6.92 Å². The molecule has 0 radical (unpaired) electrons. The summed E-state index contributed by atoms with van der Waals surface area (Å²) in [5.41, 5.74) is 0. The van der Waals surface area contributed by atoms with Crippen LogP contribution in [0.4, 0.5) is 0 Å². The molecule has 0 saturated heterocycles. The summed E-state index contributed by atoms with van der Waals surface area (Å²) in [6.45, 7) is 6.91. The van der Waals surface area contributed by atoms with Crippen molar-refractivity contribution in [3.63, 3.8) is 0 Å². The van der Waals surface area contributed by atoms with Crippen LogP contribution in [0.2, 0.25) is 0 Å². The van der Waals surface area contributed by atoms with Crippen LogP contribution >= 0.6 is 24.0 Å². The molecule has 6 nitrogen and oxygen atoms in total. The number of amides is 1. The van der Waals surface area contributed by atoms with Crippen molar-refractivity contribution < 1.29 is 9.53 Å². The second-order valence-corrected chi connectivity index (χ2v) is 6.80. The van der Waals surface area contributed by atoms with E-state index in [9.17, 15) is 4.79 Å². The fraction of sp³-hybridized carbons (Fsp3) is 0.889. The molecular weight excluding hydrogens is 431 g/mol. The van der Waals surface area contributed by atoms with Crippen molar-refractivity contribution in [2.45, 2.75) is 58.4 Å². The van der Waals surface area contributed by atoms with Crippen LogP contribution in [0.1, 0.15) is 52.4 Å². The molecule has 1 rings (SSSR count). The van der Waals surface area contributed by atoms with E-state index in [-0.39, 0.29) is 36.4 Å². The fourth-order valence-electron chi connectivity index (χ4n) is 2.83. The lowest BCUT2D eigenvalue weighted by atomic mass is 9.86. The number of carbonyl (C=O) groups is 1. The molecule has 7 heteroatoms. The van der Waals surface area contributed by atoms with Crippen LogP contribution in [0.25, 0.3) is 0 Å². The fourth-order valence-corrected chi connectivity index (χ4v) is 2.83. The van der Waals surface area contributed by atoms with E-state index < -0.39 is 0 Å². The summed E-state index contributed by atoms with van der Waals surface area (Å²) < 4.78 is 5.36. The molecule has 0 bridgehead atoms. The molecule has 148 valence electrons. The van der Waals surface area contributed by atoms with Crippen molar-refractivity contribution in [3.05, 3.63) is 0 Å². The lowest BCUT2D eigenvalue weighted by Crippen LogP contribution is -2.47. The quantitative estimate of drug-likeness (QED) is 0.236. The Labute approximate surface area is 170 Å². The average Bonchev–Trinajstić information content (AvgIpc) is 2.56. The van der Waals surface area contributed by atoms with Crippen molar-refractivity contribution in [1.29, 1.82) is 0 Å². The van der Waals surface area contributed by atoms with Gasteiger partial charge in [0.15, 0.2) is 5.96 Å². The molecule has 0 aliphatic heterocycles. The Morgan fingerprint density at radius 3 is 2.60 bits per heavy atom. The third-order valence-electron chi connectivity index (χ3n) is 4.52. The summed E-state index contributed by atoms with van der Waals surface area (Å²) in [5.74, 6) is 1.43. The van der Waals surface area contributed by atoms with Gasteiger partial charge in [-0.2, -0.15) is 0 Å². The summed E-state index contributed by atoms with van der Waals surface area (Å²) in [6.07, 6.45) is 7.08. The molecule has 2 N–H and O–H groups in total. The topological polar surface area (TPSA) is 66.0 Å². The third kappa shape index (κ3) is 10.9. The van der Waals surface area contributed by atoms with E-state index in [4.69, 9.17) is 4.74 Å². The number of halogens is 1. The van der Waals surface area contributed by atoms with E-state index in [1.165, 1.54) is 25.7 Å². The molecule has 2 atom stereocenters. The summed E-state index contributed by atoms with van der Waals surface area (Å²) >= 11 is 0. The molecule has 0 spiro atoms. The van der Waals surface area contributed by atoms with E-state index in [0.717, 1.165) is 38.6 Å². The molecule has 1 aliphatic carbocycles. The predicted octanol–water partition coefficient (Wildman–Crippen LogP) is 2.62. The maximum Gasteiger partial charge on any atom is 0.243 e. The van der Waals surface area contributed by atoms with Gasteiger partial charge in [0, 0.05) is 39.9 Å². The summed E-state index contributed by atoms with van der Waals surface area (Å²) in [5, 5.41) is 6.91. The molecule has 1 saturated carbocycles. The Morgan fingerprint density at radius 2 is 1.96 bits per heavy atom. The zero-order valence-corrected chi connectivity index (χ0v) is 18.7. The van der Waals surface area contributed by atoms with E-state index in [0.29, 0.717) is 12.0 Å². The Balaban J connectivity index is 0.00000576. The minimum Gasteiger partial charge on any atom is -0.382 e. The van der Waals surface area contributed by atoms with E-state index >= 15 is 0 Å². The highest BCUT2D eigenvalue weighted by Gasteiger charge is 2.22. The Morgan fingerprint density at radius 1 is 1.24 bits per heavy atom. The first-order valence-corrected chi connectivity index (χ1v) is 9.37. The highest BCUT2D eigenvalue weighted by molar-refractivity contribution is 14.0. The van der Waals surface area contributed by atoms with Crippen molar-refractivity contribution in [2.75, 3.05) is 40.4 Å². The van der Waals surface area contributed by atoms with Crippen LogP contribution < -0.4 is 10.6 Å². The van der Waals surface area contributed by atoms with Crippen LogP contribution in [0.3, 0.4) is 0 Å². The van der Waals surface area contributed by atoms with Crippen molar-refractivity contribution in [2.24, 2.45) is 10.9 Å². The first kappa shape index (κ1) is 24.4.